The van der Waals surface area contributed by atoms with Gasteiger partial charge in [-0.15, -0.1) is 0 Å². The summed E-state index contributed by atoms with van der Waals surface area (Å²) in [6, 6.07) is 8.11. The number of benzene rings is 2. The molecule has 0 aliphatic carbocycles. The number of anilines is 1. The van der Waals surface area contributed by atoms with Gasteiger partial charge in [0.1, 0.15) is 0 Å². The number of hydrogen-bond acceptors (Lipinski definition) is 4. The summed E-state index contributed by atoms with van der Waals surface area (Å²) in [6.45, 7) is 3.76. The van der Waals surface area contributed by atoms with E-state index < -0.39 is 22.6 Å². The zero-order chi connectivity index (χ0) is 18.4. The highest BCUT2D eigenvalue weighted by Crippen LogP contribution is 2.57. The van der Waals surface area contributed by atoms with Crippen LogP contribution in [0, 0.1) is 12.7 Å². The van der Waals surface area contributed by atoms with Gasteiger partial charge in [0.05, 0.1) is 16.1 Å². The fourth-order valence-electron chi connectivity index (χ4n) is 3.20. The third kappa shape index (κ3) is 2.88. The molecule has 1 aliphatic heterocycles. The van der Waals surface area contributed by atoms with E-state index in [-0.39, 0.29) is 29.8 Å². The maximum absolute atomic E-state index is 15.0. The first kappa shape index (κ1) is 17.7. The molecule has 1 aliphatic rings. The highest BCUT2D eigenvalue weighted by atomic mass is 32.3. The molecule has 0 aromatic heterocycles. The van der Waals surface area contributed by atoms with Crippen LogP contribution in [0.2, 0.25) is 0 Å². The second-order valence-corrected chi connectivity index (χ2v) is 7.98. The molecule has 0 saturated heterocycles. The monoisotopic (exact) mass is 365 g/mol. The Bertz CT molecular complexity index is 853. The number of nitrogens with zero attached hydrogens (tertiary/aromatic N) is 1. The Hall–Kier alpha value is -2.09. The predicted octanol–water partition coefficient (Wildman–Crippen LogP) is 4.48. The topological polar surface area (TPSA) is 81.0 Å². The SMILES string of the molecule is CCc1c(C(=O)O)ccc(N2CCc3ccc(C)cc3S2(O)O)c1F. The molecule has 7 heteroatoms. The third-order valence-electron chi connectivity index (χ3n) is 4.48. The lowest BCUT2D eigenvalue weighted by Crippen LogP contribution is -2.35. The minimum absolute atomic E-state index is 0.0222. The summed E-state index contributed by atoms with van der Waals surface area (Å²) >= 11 is 0. The number of aryl methyl sites for hydroxylation is 1. The smallest absolute Gasteiger partial charge is 0.336 e. The summed E-state index contributed by atoms with van der Waals surface area (Å²) in [7, 11) is -3.39. The van der Waals surface area contributed by atoms with Crippen LogP contribution in [0.1, 0.15) is 34.0 Å². The summed E-state index contributed by atoms with van der Waals surface area (Å²) < 4.78 is 37.8. The number of fused-ring (bicyclic) bond motifs is 1. The number of halogens is 1. The van der Waals surface area contributed by atoms with Crippen molar-refractivity contribution in [2.24, 2.45) is 0 Å². The number of hydrogen-bond donors (Lipinski definition) is 3. The van der Waals surface area contributed by atoms with Crippen molar-refractivity contribution in [3.63, 3.8) is 0 Å². The minimum Gasteiger partial charge on any atom is -0.478 e. The van der Waals surface area contributed by atoms with Gasteiger partial charge in [0.25, 0.3) is 0 Å². The number of carboxylic acids is 1. The van der Waals surface area contributed by atoms with Gasteiger partial charge in [0, 0.05) is 12.1 Å². The quantitative estimate of drug-likeness (QED) is 0.747. The normalized spacial score (nSPS) is 17.1. The van der Waals surface area contributed by atoms with Crippen LogP contribution in [0.5, 0.6) is 0 Å². The van der Waals surface area contributed by atoms with Crippen molar-refractivity contribution < 1.29 is 23.4 Å². The molecule has 1 heterocycles. The molecule has 0 spiro atoms. The zero-order valence-corrected chi connectivity index (χ0v) is 14.8. The number of carbonyl (C=O) groups is 1. The average molecular weight is 365 g/mol. The van der Waals surface area contributed by atoms with E-state index in [0.29, 0.717) is 11.3 Å². The summed E-state index contributed by atoms with van der Waals surface area (Å²) in [5.41, 5.74) is 1.70. The van der Waals surface area contributed by atoms with Gasteiger partial charge in [0.15, 0.2) is 5.82 Å². The van der Waals surface area contributed by atoms with E-state index in [2.05, 4.69) is 0 Å². The lowest BCUT2D eigenvalue weighted by Gasteiger charge is -2.48. The van der Waals surface area contributed by atoms with Crippen LogP contribution < -0.4 is 4.31 Å². The number of aromatic carboxylic acids is 1. The standard InChI is InChI=1S/C18H20FNO4S/c1-3-13-14(18(21)22)6-7-15(17(13)19)20-9-8-12-5-4-11(2)10-16(12)25(20,23)24/h4-7,10,23-24H,3,8-9H2,1-2H3,(H,21,22). The highest BCUT2D eigenvalue weighted by molar-refractivity contribution is 8.25. The first-order chi connectivity index (χ1) is 11.8. The first-order valence-electron chi connectivity index (χ1n) is 7.97. The van der Waals surface area contributed by atoms with E-state index in [0.717, 1.165) is 11.1 Å². The second-order valence-electron chi connectivity index (χ2n) is 6.07. The van der Waals surface area contributed by atoms with Crippen molar-refractivity contribution in [2.75, 3.05) is 10.8 Å². The van der Waals surface area contributed by atoms with Crippen LogP contribution in [0.15, 0.2) is 35.2 Å². The fourth-order valence-corrected chi connectivity index (χ4v) is 5.06. The molecule has 3 N–H and O–H groups in total. The molecule has 0 bridgehead atoms. The second kappa shape index (κ2) is 6.33. The summed E-state index contributed by atoms with van der Waals surface area (Å²) in [4.78, 5) is 11.7. The van der Waals surface area contributed by atoms with Gasteiger partial charge in [0.2, 0.25) is 0 Å². The molecule has 3 rings (SSSR count). The molecule has 0 radical (unpaired) electrons. The minimum atomic E-state index is -3.39. The van der Waals surface area contributed by atoms with Crippen LogP contribution in [0.3, 0.4) is 0 Å². The van der Waals surface area contributed by atoms with Gasteiger partial charge in [-0.25, -0.2) is 9.18 Å². The Morgan fingerprint density at radius 2 is 2.00 bits per heavy atom. The van der Waals surface area contributed by atoms with E-state index in [1.54, 1.807) is 13.0 Å². The molecule has 0 saturated carbocycles. The molecule has 134 valence electrons. The molecule has 2 aromatic rings. The van der Waals surface area contributed by atoms with Crippen molar-refractivity contribution in [1.82, 2.24) is 0 Å². The molecular formula is C18H20FNO4S. The lowest BCUT2D eigenvalue weighted by molar-refractivity contribution is 0.0695. The van der Waals surface area contributed by atoms with Crippen molar-refractivity contribution >= 4 is 22.4 Å². The van der Waals surface area contributed by atoms with Crippen LogP contribution in [-0.4, -0.2) is 26.7 Å². The summed E-state index contributed by atoms with van der Waals surface area (Å²) in [5, 5.41) is 9.21. The van der Waals surface area contributed by atoms with Crippen molar-refractivity contribution in [3.05, 3.63) is 58.4 Å². The molecule has 0 amide bonds. The van der Waals surface area contributed by atoms with Crippen LogP contribution in [0.25, 0.3) is 0 Å². The van der Waals surface area contributed by atoms with E-state index in [9.17, 15) is 23.4 Å². The van der Waals surface area contributed by atoms with Gasteiger partial charge < -0.3 is 5.11 Å². The largest absolute Gasteiger partial charge is 0.478 e. The summed E-state index contributed by atoms with van der Waals surface area (Å²) in [6.07, 6.45) is 0.747. The van der Waals surface area contributed by atoms with E-state index >= 15 is 0 Å². The van der Waals surface area contributed by atoms with Gasteiger partial charge in [-0.2, -0.15) is 0 Å². The maximum atomic E-state index is 15.0. The number of rotatable bonds is 3. The Morgan fingerprint density at radius 3 is 2.64 bits per heavy atom. The maximum Gasteiger partial charge on any atom is 0.336 e. The van der Waals surface area contributed by atoms with Gasteiger partial charge in [-0.05, 0) is 49.1 Å². The van der Waals surface area contributed by atoms with Gasteiger partial charge in [-0.1, -0.05) is 29.8 Å². The molecule has 0 unspecified atom stereocenters. The van der Waals surface area contributed by atoms with Crippen molar-refractivity contribution in [1.29, 1.82) is 0 Å². The molecule has 5 nitrogen and oxygen atoms in total. The Balaban J connectivity index is 2.13. The Morgan fingerprint density at radius 1 is 1.28 bits per heavy atom. The summed E-state index contributed by atoms with van der Waals surface area (Å²) in [5.74, 6) is -1.91. The lowest BCUT2D eigenvalue weighted by atomic mass is 10.0. The Labute approximate surface area is 147 Å². The molecule has 0 atom stereocenters. The van der Waals surface area contributed by atoms with Crippen molar-refractivity contribution in [2.45, 2.75) is 31.6 Å². The van der Waals surface area contributed by atoms with E-state index in [4.69, 9.17) is 0 Å². The highest BCUT2D eigenvalue weighted by Gasteiger charge is 2.34. The van der Waals surface area contributed by atoms with Crippen LogP contribution in [0.4, 0.5) is 10.1 Å². The van der Waals surface area contributed by atoms with Gasteiger partial charge >= 0.3 is 5.97 Å². The molecule has 25 heavy (non-hydrogen) atoms. The predicted molar refractivity (Wildman–Crippen MR) is 96.1 cm³/mol. The Kier molecular flexibility index (Phi) is 4.49. The van der Waals surface area contributed by atoms with Crippen LogP contribution in [-0.2, 0) is 12.8 Å². The molecular weight excluding hydrogens is 345 g/mol. The van der Waals surface area contributed by atoms with Crippen molar-refractivity contribution in [3.8, 4) is 0 Å². The third-order valence-corrected chi connectivity index (χ3v) is 6.45. The number of carboxylic acid groups (broad SMARTS) is 1. The zero-order valence-electron chi connectivity index (χ0n) is 14.0. The van der Waals surface area contributed by atoms with Crippen LogP contribution >= 0.6 is 10.8 Å². The van der Waals surface area contributed by atoms with E-state index in [1.807, 2.05) is 19.1 Å². The fraction of sp³-hybridized carbons (Fsp3) is 0.278. The molecule has 2 aromatic carbocycles. The molecule has 0 fully saturated rings. The average Bonchev–Trinajstić information content (AvgIpc) is 2.55. The van der Waals surface area contributed by atoms with E-state index in [1.165, 1.54) is 16.4 Å². The van der Waals surface area contributed by atoms with Gasteiger partial charge in [-0.3, -0.25) is 13.4 Å². The first-order valence-corrected chi connectivity index (χ1v) is 9.48.